The Balaban J connectivity index is 2.59. The van der Waals surface area contributed by atoms with Gasteiger partial charge in [-0.15, -0.1) is 0 Å². The van der Waals surface area contributed by atoms with Gasteiger partial charge in [0.25, 0.3) is 0 Å². The minimum Gasteiger partial charge on any atom is -0.383 e. The van der Waals surface area contributed by atoms with Gasteiger partial charge in [0.2, 0.25) is 0 Å². The molecular weight excluding hydrogens is 264 g/mol. The highest BCUT2D eigenvalue weighted by molar-refractivity contribution is 5.22. The van der Waals surface area contributed by atoms with Crippen LogP contribution in [0.25, 0.3) is 0 Å². The molecule has 0 bridgehead atoms. The van der Waals surface area contributed by atoms with Crippen LogP contribution >= 0.6 is 0 Å². The summed E-state index contributed by atoms with van der Waals surface area (Å²) in [6, 6.07) is 9.21. The molecule has 0 saturated carbocycles. The summed E-state index contributed by atoms with van der Waals surface area (Å²) in [5.74, 6) is 0. The summed E-state index contributed by atoms with van der Waals surface area (Å²) < 4.78 is 10.5. The fourth-order valence-corrected chi connectivity index (χ4v) is 2.28. The van der Waals surface area contributed by atoms with Crippen molar-refractivity contribution in [1.82, 2.24) is 10.2 Å². The van der Waals surface area contributed by atoms with Crippen LogP contribution in [0.5, 0.6) is 0 Å². The van der Waals surface area contributed by atoms with E-state index >= 15 is 0 Å². The zero-order valence-electron chi connectivity index (χ0n) is 13.9. The highest BCUT2D eigenvalue weighted by Gasteiger charge is 2.13. The molecule has 0 amide bonds. The van der Waals surface area contributed by atoms with Crippen LogP contribution in [0.15, 0.2) is 24.3 Å². The molecule has 1 N–H and O–H groups in total. The molecule has 120 valence electrons. The van der Waals surface area contributed by atoms with E-state index in [9.17, 15) is 0 Å². The lowest BCUT2D eigenvalue weighted by Crippen LogP contribution is -2.38. The molecule has 1 atom stereocenters. The van der Waals surface area contributed by atoms with Gasteiger partial charge < -0.3 is 14.8 Å². The third-order valence-corrected chi connectivity index (χ3v) is 3.60. The van der Waals surface area contributed by atoms with E-state index in [1.54, 1.807) is 14.2 Å². The van der Waals surface area contributed by atoms with Gasteiger partial charge >= 0.3 is 0 Å². The van der Waals surface area contributed by atoms with Crippen molar-refractivity contribution in [3.8, 4) is 0 Å². The van der Waals surface area contributed by atoms with Crippen LogP contribution in [0.3, 0.4) is 0 Å². The van der Waals surface area contributed by atoms with Crippen LogP contribution in [-0.4, -0.2) is 51.5 Å². The summed E-state index contributed by atoms with van der Waals surface area (Å²) in [6.45, 7) is 9.58. The second-order valence-corrected chi connectivity index (χ2v) is 5.36. The summed E-state index contributed by atoms with van der Waals surface area (Å²) in [6.07, 6.45) is 0. The number of methoxy groups -OCH3 is 2. The Morgan fingerprint density at radius 1 is 1.10 bits per heavy atom. The molecule has 4 nitrogen and oxygen atoms in total. The van der Waals surface area contributed by atoms with Crippen molar-refractivity contribution < 1.29 is 9.47 Å². The van der Waals surface area contributed by atoms with E-state index in [2.05, 4.69) is 48.3 Å². The topological polar surface area (TPSA) is 33.7 Å². The minimum absolute atomic E-state index is 0.381. The number of hydrogen-bond donors (Lipinski definition) is 1. The van der Waals surface area contributed by atoms with E-state index in [1.165, 1.54) is 11.1 Å². The molecule has 4 heteroatoms. The SMILES string of the molecule is CCNCc1ccc(CN(CCOC)C(C)COC)cc1. The van der Waals surface area contributed by atoms with Gasteiger partial charge in [-0.25, -0.2) is 0 Å². The summed E-state index contributed by atoms with van der Waals surface area (Å²) in [5.41, 5.74) is 2.66. The van der Waals surface area contributed by atoms with Crippen LogP contribution in [0.2, 0.25) is 0 Å². The molecule has 1 aromatic rings. The van der Waals surface area contributed by atoms with Crippen molar-refractivity contribution in [2.24, 2.45) is 0 Å². The molecule has 0 fully saturated rings. The maximum atomic E-state index is 5.27. The van der Waals surface area contributed by atoms with Crippen molar-refractivity contribution in [3.05, 3.63) is 35.4 Å². The predicted octanol–water partition coefficient (Wildman–Crippen LogP) is 2.28. The predicted molar refractivity (Wildman–Crippen MR) is 87.4 cm³/mol. The lowest BCUT2D eigenvalue weighted by molar-refractivity contribution is 0.0705. The number of nitrogens with one attached hydrogen (secondary N) is 1. The minimum atomic E-state index is 0.381. The number of benzene rings is 1. The van der Waals surface area contributed by atoms with E-state index in [4.69, 9.17) is 9.47 Å². The highest BCUT2D eigenvalue weighted by atomic mass is 16.5. The average molecular weight is 294 g/mol. The van der Waals surface area contributed by atoms with E-state index in [1.807, 2.05) is 0 Å². The Morgan fingerprint density at radius 3 is 2.33 bits per heavy atom. The molecule has 0 radical (unpaired) electrons. The lowest BCUT2D eigenvalue weighted by atomic mass is 10.1. The van der Waals surface area contributed by atoms with E-state index in [-0.39, 0.29) is 0 Å². The molecule has 0 aliphatic rings. The van der Waals surface area contributed by atoms with Crippen LogP contribution in [-0.2, 0) is 22.6 Å². The fourth-order valence-electron chi connectivity index (χ4n) is 2.28. The van der Waals surface area contributed by atoms with E-state index in [0.717, 1.165) is 39.4 Å². The first-order valence-electron chi connectivity index (χ1n) is 7.71. The van der Waals surface area contributed by atoms with Gasteiger partial charge in [-0.05, 0) is 24.6 Å². The standard InChI is InChI=1S/C17H30N2O2/c1-5-18-12-16-6-8-17(9-7-16)13-19(10-11-20-3)15(2)14-21-4/h6-9,15,18H,5,10-14H2,1-4H3. The Kier molecular flexibility index (Phi) is 9.26. The van der Waals surface area contributed by atoms with Gasteiger partial charge in [-0.1, -0.05) is 31.2 Å². The highest BCUT2D eigenvalue weighted by Crippen LogP contribution is 2.10. The molecule has 0 saturated heterocycles. The number of rotatable bonds is 11. The largest absolute Gasteiger partial charge is 0.383 e. The van der Waals surface area contributed by atoms with Crippen LogP contribution in [0.1, 0.15) is 25.0 Å². The van der Waals surface area contributed by atoms with Crippen LogP contribution in [0.4, 0.5) is 0 Å². The number of ether oxygens (including phenoxy) is 2. The number of nitrogens with zero attached hydrogens (tertiary/aromatic N) is 1. The zero-order valence-corrected chi connectivity index (χ0v) is 13.9. The van der Waals surface area contributed by atoms with Crippen LogP contribution in [0, 0.1) is 0 Å². The summed E-state index contributed by atoms with van der Waals surface area (Å²) in [5, 5.41) is 3.34. The Labute approximate surface area is 129 Å². The average Bonchev–Trinajstić information content (AvgIpc) is 2.50. The molecule has 0 heterocycles. The third kappa shape index (κ3) is 7.05. The maximum absolute atomic E-state index is 5.27. The van der Waals surface area contributed by atoms with Crippen molar-refractivity contribution in [1.29, 1.82) is 0 Å². The third-order valence-electron chi connectivity index (χ3n) is 3.60. The first-order chi connectivity index (χ1) is 10.2. The molecule has 0 aromatic heterocycles. The monoisotopic (exact) mass is 294 g/mol. The first-order valence-corrected chi connectivity index (χ1v) is 7.71. The molecule has 21 heavy (non-hydrogen) atoms. The van der Waals surface area contributed by atoms with Crippen molar-refractivity contribution in [2.45, 2.75) is 33.0 Å². The molecule has 0 aliphatic carbocycles. The molecule has 0 spiro atoms. The first kappa shape index (κ1) is 18.1. The Morgan fingerprint density at radius 2 is 1.76 bits per heavy atom. The van der Waals surface area contributed by atoms with Gasteiger partial charge in [-0.2, -0.15) is 0 Å². The molecule has 1 aromatic carbocycles. The molecule has 1 rings (SSSR count). The van der Waals surface area contributed by atoms with Crippen molar-refractivity contribution in [2.75, 3.05) is 40.5 Å². The fraction of sp³-hybridized carbons (Fsp3) is 0.647. The maximum Gasteiger partial charge on any atom is 0.0615 e. The van der Waals surface area contributed by atoms with E-state index in [0.29, 0.717) is 6.04 Å². The van der Waals surface area contributed by atoms with Gasteiger partial charge in [0.05, 0.1) is 13.2 Å². The van der Waals surface area contributed by atoms with Crippen molar-refractivity contribution in [3.63, 3.8) is 0 Å². The summed E-state index contributed by atoms with van der Waals surface area (Å²) >= 11 is 0. The quantitative estimate of drug-likeness (QED) is 0.679. The zero-order chi connectivity index (χ0) is 15.5. The second-order valence-electron chi connectivity index (χ2n) is 5.36. The number of hydrogen-bond acceptors (Lipinski definition) is 4. The normalized spacial score (nSPS) is 12.8. The van der Waals surface area contributed by atoms with Crippen LogP contribution < -0.4 is 5.32 Å². The molecule has 0 aliphatic heterocycles. The van der Waals surface area contributed by atoms with Gasteiger partial charge in [-0.3, -0.25) is 4.90 Å². The van der Waals surface area contributed by atoms with E-state index < -0.39 is 0 Å². The summed E-state index contributed by atoms with van der Waals surface area (Å²) in [4.78, 5) is 2.40. The molecule has 1 unspecified atom stereocenters. The smallest absolute Gasteiger partial charge is 0.0615 e. The summed E-state index contributed by atoms with van der Waals surface area (Å²) in [7, 11) is 3.50. The Hall–Kier alpha value is -0.940. The van der Waals surface area contributed by atoms with Gasteiger partial charge in [0, 0.05) is 39.9 Å². The Bertz CT molecular complexity index is 368. The van der Waals surface area contributed by atoms with Gasteiger partial charge in [0.1, 0.15) is 0 Å². The second kappa shape index (κ2) is 10.7. The molecular formula is C17H30N2O2. The lowest BCUT2D eigenvalue weighted by Gasteiger charge is -2.28. The van der Waals surface area contributed by atoms with Crippen molar-refractivity contribution >= 4 is 0 Å². The van der Waals surface area contributed by atoms with Gasteiger partial charge in [0.15, 0.2) is 0 Å².